The summed E-state index contributed by atoms with van der Waals surface area (Å²) in [6.07, 6.45) is 0. The smallest absolute Gasteiger partial charge is 0.333 e. The van der Waals surface area contributed by atoms with Gasteiger partial charge in [0, 0.05) is 11.1 Å². The molecular weight excluding hydrogens is 371 g/mol. The number of ether oxygens (including phenoxy) is 2. The Morgan fingerprint density at radius 1 is 0.897 bits per heavy atom. The Balaban J connectivity index is 2.20. The van der Waals surface area contributed by atoms with E-state index in [2.05, 4.69) is 13.2 Å². The highest BCUT2D eigenvalue weighted by Gasteiger charge is 2.18. The highest BCUT2D eigenvalue weighted by molar-refractivity contribution is 5.87. The molecule has 29 heavy (non-hydrogen) atoms. The maximum Gasteiger partial charge on any atom is 0.333 e. The van der Waals surface area contributed by atoms with Gasteiger partial charge in [0.15, 0.2) is 0 Å². The number of aryl methyl sites for hydroxylation is 1. The Morgan fingerprint density at radius 3 is 1.83 bits per heavy atom. The van der Waals surface area contributed by atoms with Crippen LogP contribution in [0.2, 0.25) is 0 Å². The summed E-state index contributed by atoms with van der Waals surface area (Å²) in [6.45, 7) is 12.0. The topological polar surface area (TPSA) is 52.6 Å². The molecule has 0 unspecified atom stereocenters. The van der Waals surface area contributed by atoms with Gasteiger partial charge in [-0.1, -0.05) is 49.6 Å². The van der Waals surface area contributed by atoms with E-state index in [4.69, 9.17) is 9.47 Å². The van der Waals surface area contributed by atoms with Gasteiger partial charge < -0.3 is 9.47 Å². The maximum absolute atomic E-state index is 13.8. The average molecular weight is 396 g/mol. The van der Waals surface area contributed by atoms with Crippen LogP contribution >= 0.6 is 0 Å². The minimum Gasteiger partial charge on any atom is -0.462 e. The molecule has 0 radical (unpaired) electrons. The molecule has 2 aromatic rings. The predicted molar refractivity (Wildman–Crippen MR) is 111 cm³/mol. The van der Waals surface area contributed by atoms with Crippen LogP contribution in [0.3, 0.4) is 0 Å². The zero-order chi connectivity index (χ0) is 21.6. The number of halogens is 1. The lowest BCUT2D eigenvalue weighted by Crippen LogP contribution is -2.20. The molecule has 0 amide bonds. The Morgan fingerprint density at radius 2 is 1.38 bits per heavy atom. The van der Waals surface area contributed by atoms with E-state index >= 15 is 0 Å². The first-order valence-corrected chi connectivity index (χ1v) is 9.20. The molecule has 2 rings (SSSR count). The van der Waals surface area contributed by atoms with Crippen molar-refractivity contribution in [1.82, 2.24) is 0 Å². The molecule has 0 spiro atoms. The van der Waals surface area contributed by atoms with Crippen molar-refractivity contribution in [3.05, 3.63) is 83.7 Å². The van der Waals surface area contributed by atoms with Crippen LogP contribution in [0.15, 0.2) is 66.8 Å². The highest BCUT2D eigenvalue weighted by Crippen LogP contribution is 2.25. The number of carbonyl (C=O) groups excluding carboxylic acids is 2. The largest absolute Gasteiger partial charge is 0.462 e. The van der Waals surface area contributed by atoms with Crippen molar-refractivity contribution in [3.63, 3.8) is 0 Å². The van der Waals surface area contributed by atoms with E-state index in [1.807, 2.05) is 30.3 Å². The first-order valence-electron chi connectivity index (χ1n) is 9.20. The second-order valence-corrected chi connectivity index (χ2v) is 7.04. The van der Waals surface area contributed by atoms with Gasteiger partial charge >= 0.3 is 11.9 Å². The zero-order valence-corrected chi connectivity index (χ0v) is 17.0. The number of hydrogen-bond acceptors (Lipinski definition) is 4. The third-order valence-corrected chi connectivity index (χ3v) is 4.42. The first-order chi connectivity index (χ1) is 13.7. The lowest BCUT2D eigenvalue weighted by Gasteiger charge is -2.18. The summed E-state index contributed by atoms with van der Waals surface area (Å²) in [5, 5.41) is 0. The Kier molecular flexibility index (Phi) is 7.48. The standard InChI is InChI=1S/C24H25FO4/c1-15(2)23(26)28-13-21(14-29-24(27)16(3)4)19-10-8-18(9-11-19)20-7-6-17(5)22(25)12-20/h6-12,21H,1,3,13-14H2,2,4-5H3. The van der Waals surface area contributed by atoms with E-state index in [1.54, 1.807) is 26.8 Å². The molecule has 0 saturated carbocycles. The van der Waals surface area contributed by atoms with Crippen molar-refractivity contribution < 1.29 is 23.5 Å². The van der Waals surface area contributed by atoms with Gasteiger partial charge in [-0.2, -0.15) is 0 Å². The second-order valence-electron chi connectivity index (χ2n) is 7.04. The second kappa shape index (κ2) is 9.82. The molecule has 5 heteroatoms. The third-order valence-electron chi connectivity index (χ3n) is 4.42. The minimum absolute atomic E-state index is 0.0354. The van der Waals surface area contributed by atoms with Crippen LogP contribution < -0.4 is 0 Å². The summed E-state index contributed by atoms with van der Waals surface area (Å²) < 4.78 is 24.4. The Labute approximate surface area is 170 Å². The van der Waals surface area contributed by atoms with Crippen molar-refractivity contribution >= 4 is 11.9 Å². The van der Waals surface area contributed by atoms with Crippen LogP contribution in [0.25, 0.3) is 11.1 Å². The highest BCUT2D eigenvalue weighted by atomic mass is 19.1. The molecule has 4 nitrogen and oxygen atoms in total. The van der Waals surface area contributed by atoms with Gasteiger partial charge in [-0.25, -0.2) is 14.0 Å². The van der Waals surface area contributed by atoms with Gasteiger partial charge in [0.05, 0.1) is 5.92 Å². The maximum atomic E-state index is 13.8. The summed E-state index contributed by atoms with van der Waals surface area (Å²) in [6, 6.07) is 12.5. The number of rotatable bonds is 8. The summed E-state index contributed by atoms with van der Waals surface area (Å²) in [4.78, 5) is 23.5. The van der Waals surface area contributed by atoms with Crippen molar-refractivity contribution in [2.24, 2.45) is 0 Å². The Bertz CT molecular complexity index is 898. The molecule has 0 saturated heterocycles. The molecule has 152 valence electrons. The molecule has 2 aromatic carbocycles. The molecule has 0 aliphatic carbocycles. The fourth-order valence-corrected chi connectivity index (χ4v) is 2.56. The van der Waals surface area contributed by atoms with Gasteiger partial charge in [0.1, 0.15) is 19.0 Å². The molecule has 0 N–H and O–H groups in total. The number of benzene rings is 2. The molecule has 0 heterocycles. The SMILES string of the molecule is C=C(C)C(=O)OCC(COC(=O)C(=C)C)c1ccc(-c2ccc(C)c(F)c2)cc1. The van der Waals surface area contributed by atoms with Gasteiger partial charge in [-0.3, -0.25) is 0 Å². The van der Waals surface area contributed by atoms with Gasteiger partial charge in [-0.05, 0) is 49.1 Å². The van der Waals surface area contributed by atoms with Crippen molar-refractivity contribution in [1.29, 1.82) is 0 Å². The fraction of sp³-hybridized carbons (Fsp3) is 0.250. The first kappa shape index (κ1) is 22.1. The van der Waals surface area contributed by atoms with Crippen LogP contribution in [-0.4, -0.2) is 25.2 Å². The zero-order valence-electron chi connectivity index (χ0n) is 17.0. The third kappa shape index (κ3) is 6.14. The summed E-state index contributed by atoms with van der Waals surface area (Å²) >= 11 is 0. The van der Waals surface area contributed by atoms with Gasteiger partial charge in [0.25, 0.3) is 0 Å². The molecule has 0 aliphatic heterocycles. The van der Waals surface area contributed by atoms with Gasteiger partial charge in [-0.15, -0.1) is 0 Å². The van der Waals surface area contributed by atoms with Crippen LogP contribution in [-0.2, 0) is 19.1 Å². The molecule has 0 aliphatic rings. The van der Waals surface area contributed by atoms with Crippen LogP contribution in [0.5, 0.6) is 0 Å². The van der Waals surface area contributed by atoms with E-state index in [1.165, 1.54) is 6.07 Å². The lowest BCUT2D eigenvalue weighted by molar-refractivity contribution is -0.142. The number of hydrogen-bond donors (Lipinski definition) is 0. The van der Waals surface area contributed by atoms with Crippen molar-refractivity contribution in [3.8, 4) is 11.1 Å². The minimum atomic E-state index is -0.507. The van der Waals surface area contributed by atoms with E-state index < -0.39 is 11.9 Å². The normalized spacial score (nSPS) is 10.5. The summed E-state index contributed by atoms with van der Waals surface area (Å²) in [5.41, 5.74) is 3.61. The van der Waals surface area contributed by atoms with Crippen LogP contribution in [0, 0.1) is 12.7 Å². The van der Waals surface area contributed by atoms with Crippen molar-refractivity contribution in [2.75, 3.05) is 13.2 Å². The van der Waals surface area contributed by atoms with E-state index in [-0.39, 0.29) is 24.9 Å². The number of carbonyl (C=O) groups is 2. The van der Waals surface area contributed by atoms with E-state index in [0.29, 0.717) is 16.7 Å². The average Bonchev–Trinajstić information content (AvgIpc) is 2.69. The molecule has 0 atom stereocenters. The molecular formula is C24H25FO4. The van der Waals surface area contributed by atoms with Gasteiger partial charge in [0.2, 0.25) is 0 Å². The summed E-state index contributed by atoms with van der Waals surface area (Å²) in [7, 11) is 0. The van der Waals surface area contributed by atoms with Crippen LogP contribution in [0.4, 0.5) is 4.39 Å². The summed E-state index contributed by atoms with van der Waals surface area (Å²) in [5.74, 6) is -1.63. The van der Waals surface area contributed by atoms with E-state index in [0.717, 1.165) is 16.7 Å². The lowest BCUT2D eigenvalue weighted by atomic mass is 9.96. The molecule has 0 aromatic heterocycles. The monoisotopic (exact) mass is 396 g/mol. The Hall–Kier alpha value is -3.21. The molecule has 0 bridgehead atoms. The van der Waals surface area contributed by atoms with E-state index in [9.17, 15) is 14.0 Å². The van der Waals surface area contributed by atoms with Crippen LogP contribution in [0.1, 0.15) is 30.9 Å². The quantitative estimate of drug-likeness (QED) is 0.459. The molecule has 0 fully saturated rings. The fourth-order valence-electron chi connectivity index (χ4n) is 2.56. The number of esters is 2. The predicted octanol–water partition coefficient (Wildman–Crippen LogP) is 5.12. The van der Waals surface area contributed by atoms with Crippen molar-refractivity contribution in [2.45, 2.75) is 26.7 Å².